The van der Waals surface area contributed by atoms with Crippen LogP contribution in [-0.4, -0.2) is 24.9 Å². The highest BCUT2D eigenvalue weighted by Gasteiger charge is 2.18. The van der Waals surface area contributed by atoms with Crippen molar-refractivity contribution in [1.29, 1.82) is 10.5 Å². The third-order valence-electron chi connectivity index (χ3n) is 20.6. The van der Waals surface area contributed by atoms with Gasteiger partial charge in [-0.1, -0.05) is 291 Å². The largest absolute Gasteiger partial charge is 0.436 e. The maximum atomic E-state index is 9.49. The van der Waals surface area contributed by atoms with Crippen LogP contribution in [0.25, 0.3) is 199 Å². The summed E-state index contributed by atoms with van der Waals surface area (Å²) in [6, 6.07) is 132. The van der Waals surface area contributed by atoms with Crippen LogP contribution in [0.15, 0.2) is 391 Å². The average molecular weight is 1480 g/mol. The fourth-order valence-corrected chi connectivity index (χ4v) is 14.7. The van der Waals surface area contributed by atoms with Crippen LogP contribution in [0, 0.1) is 35.8 Å². The minimum absolute atomic E-state index is 0.610. The molecule has 20 rings (SSSR count). The first-order valence-electron chi connectivity index (χ1n) is 37.7. The third-order valence-corrected chi connectivity index (χ3v) is 20.6. The Balaban J connectivity index is 0.000000120. The Hall–Kier alpha value is -16.6. The van der Waals surface area contributed by atoms with E-state index in [0.29, 0.717) is 34.3 Å². The van der Waals surface area contributed by atoms with Gasteiger partial charge < -0.3 is 8.83 Å². The number of nitriles is 2. The molecular formula is C105H63N9O2. The van der Waals surface area contributed by atoms with Crippen LogP contribution in [-0.2, 0) is 0 Å². The number of oxazole rings is 2. The van der Waals surface area contributed by atoms with E-state index in [-0.39, 0.29) is 0 Å². The lowest BCUT2D eigenvalue weighted by molar-refractivity contribution is 0.619. The number of rotatable bonds is 12. The number of para-hydroxylation sites is 5. The molecule has 0 atom stereocenters. The van der Waals surface area contributed by atoms with Gasteiger partial charge in [0, 0.05) is 60.7 Å². The Labute approximate surface area is 669 Å². The fraction of sp³-hybridized carbons (Fsp3) is 0. The van der Waals surface area contributed by atoms with Crippen molar-refractivity contribution in [3.8, 4) is 147 Å². The molecule has 11 nitrogen and oxygen atoms in total. The quantitative estimate of drug-likeness (QED) is 0.109. The van der Waals surface area contributed by atoms with Gasteiger partial charge in [-0.2, -0.15) is 10.5 Å². The highest BCUT2D eigenvalue weighted by atomic mass is 16.4. The lowest BCUT2D eigenvalue weighted by Gasteiger charge is -2.12. The van der Waals surface area contributed by atoms with Gasteiger partial charge in [-0.25, -0.2) is 34.6 Å². The van der Waals surface area contributed by atoms with Crippen LogP contribution < -0.4 is 0 Å². The van der Waals surface area contributed by atoms with E-state index in [1.807, 2.05) is 200 Å². The number of fused-ring (bicyclic) bond motifs is 5. The summed E-state index contributed by atoms with van der Waals surface area (Å²) in [6.45, 7) is 14.8. The standard InChI is InChI=1S/C35H21N3O2.2C35H21N3/c1-2-8-27-26(7-1)21-30(22-13-17-24(18-14-22)34-37-28-9-3-5-11-31(28)39-34)36-33(27)23-15-19-25(20-16-23)35-38-29-10-4-6-12-32(29)40-35;1-37-33-13-7-6-11-31(33)25-16-20-27(21-17-25)35-32-12-5-2-8-28(32)22-34(38-35)26-18-14-24(15-19-26)30-10-4-3-9-29(30)23-36;1-37-32-10-5-9-30(21-32)26-14-18-28(19-15-26)35-33-11-3-2-7-31(33)22-34(38-35)27-16-12-25(13-17-27)29-8-4-6-24(20-29)23-36/h1-21H;2*2-22H. The molecule has 0 saturated heterocycles. The van der Waals surface area contributed by atoms with Crippen molar-refractivity contribution < 1.29 is 8.83 Å². The number of nitrogens with zero attached hydrogens (tertiary/aromatic N) is 9. The molecule has 0 amide bonds. The van der Waals surface area contributed by atoms with Crippen LogP contribution in [0.4, 0.5) is 11.4 Å². The number of aromatic nitrogens is 5. The first kappa shape index (κ1) is 71.1. The highest BCUT2D eigenvalue weighted by molar-refractivity contribution is 6.00. The molecule has 11 heteroatoms. The van der Waals surface area contributed by atoms with E-state index in [2.05, 4.69) is 214 Å². The molecule has 0 fully saturated rings. The Morgan fingerprint density at radius 2 is 0.621 bits per heavy atom. The Morgan fingerprint density at radius 3 is 1.06 bits per heavy atom. The van der Waals surface area contributed by atoms with Crippen molar-refractivity contribution in [1.82, 2.24) is 24.9 Å². The maximum absolute atomic E-state index is 9.49. The molecule has 0 bridgehead atoms. The second-order valence-electron chi connectivity index (χ2n) is 27.8. The molecule has 0 spiro atoms. The van der Waals surface area contributed by atoms with Gasteiger partial charge in [0.2, 0.25) is 11.8 Å². The summed E-state index contributed by atoms with van der Waals surface area (Å²) in [6.07, 6.45) is 0. The van der Waals surface area contributed by atoms with E-state index in [0.717, 1.165) is 178 Å². The van der Waals surface area contributed by atoms with Crippen molar-refractivity contribution >= 4 is 65.9 Å². The second kappa shape index (κ2) is 31.8. The normalized spacial score (nSPS) is 10.9. The zero-order valence-electron chi connectivity index (χ0n) is 62.2. The van der Waals surface area contributed by atoms with Crippen molar-refractivity contribution in [2.45, 2.75) is 0 Å². The SMILES string of the molecule is [C-]#[N+]c1cccc(-c2ccc(-c3nc(-c4ccc(-c5cccc(C#N)c5)cc4)cc4ccccc34)cc2)c1.[C-]#[N+]c1ccccc1-c1ccc(-c2nc(-c3ccc(-c4ccccc4C#N)cc3)cc3ccccc23)cc1.c1ccc2c(-c3ccc(-c4nc5ccccc5o4)cc3)nc(-c3ccc(-c4nc5ccccc5o4)cc3)cc2c1. The molecule has 0 radical (unpaired) electrons. The van der Waals surface area contributed by atoms with Crippen molar-refractivity contribution in [3.63, 3.8) is 0 Å². The average Bonchev–Trinajstić information content (AvgIpc) is 0.889. The minimum atomic E-state index is 0.610. The van der Waals surface area contributed by atoms with Crippen molar-refractivity contribution in [3.05, 3.63) is 416 Å². The number of pyridine rings is 3. The predicted molar refractivity (Wildman–Crippen MR) is 468 cm³/mol. The van der Waals surface area contributed by atoms with Gasteiger partial charge in [-0.05, 0) is 152 Å². The summed E-state index contributed by atoms with van der Waals surface area (Å²) >= 11 is 0. The first-order chi connectivity index (χ1) is 57.2. The highest BCUT2D eigenvalue weighted by Crippen LogP contribution is 2.40. The Kier molecular flexibility index (Phi) is 19.5. The molecule has 0 N–H and O–H groups in total. The second-order valence-corrected chi connectivity index (χ2v) is 27.8. The van der Waals surface area contributed by atoms with Crippen molar-refractivity contribution in [2.24, 2.45) is 0 Å². The van der Waals surface area contributed by atoms with E-state index in [4.69, 9.17) is 36.9 Å². The molecule has 15 aromatic carbocycles. The molecule has 5 heterocycles. The van der Waals surface area contributed by atoms with E-state index in [9.17, 15) is 10.5 Å². The monoisotopic (exact) mass is 1480 g/mol. The predicted octanol–water partition coefficient (Wildman–Crippen LogP) is 27.8. The number of benzene rings is 15. The minimum Gasteiger partial charge on any atom is -0.436 e. The summed E-state index contributed by atoms with van der Waals surface area (Å²) in [5, 5.41) is 25.4. The Bertz CT molecular complexity index is 7220. The van der Waals surface area contributed by atoms with Gasteiger partial charge in [0.1, 0.15) is 11.0 Å². The molecule has 5 aromatic heterocycles. The van der Waals surface area contributed by atoms with E-state index < -0.39 is 0 Å². The summed E-state index contributed by atoms with van der Waals surface area (Å²) in [4.78, 5) is 31.9. The molecule has 0 unspecified atom stereocenters. The van der Waals surface area contributed by atoms with Crippen LogP contribution in [0.5, 0.6) is 0 Å². The van der Waals surface area contributed by atoms with E-state index in [1.165, 1.54) is 0 Å². The third kappa shape index (κ3) is 14.7. The lowest BCUT2D eigenvalue weighted by atomic mass is 9.96. The van der Waals surface area contributed by atoms with E-state index in [1.54, 1.807) is 0 Å². The van der Waals surface area contributed by atoms with Crippen LogP contribution in [0.2, 0.25) is 0 Å². The zero-order chi connectivity index (χ0) is 78.3. The van der Waals surface area contributed by atoms with Gasteiger partial charge in [0.05, 0.1) is 70.6 Å². The van der Waals surface area contributed by atoms with Crippen LogP contribution in [0.3, 0.4) is 0 Å². The lowest BCUT2D eigenvalue weighted by Crippen LogP contribution is -1.92. The summed E-state index contributed by atoms with van der Waals surface area (Å²) < 4.78 is 11.9. The molecule has 116 heavy (non-hydrogen) atoms. The van der Waals surface area contributed by atoms with Gasteiger partial charge in [-0.15, -0.1) is 0 Å². The van der Waals surface area contributed by atoms with Gasteiger partial charge in [0.25, 0.3) is 0 Å². The van der Waals surface area contributed by atoms with Gasteiger partial charge in [-0.3, -0.25) is 0 Å². The Morgan fingerprint density at radius 1 is 0.259 bits per heavy atom. The van der Waals surface area contributed by atoms with Crippen LogP contribution in [0.1, 0.15) is 11.1 Å². The van der Waals surface area contributed by atoms with Crippen molar-refractivity contribution in [2.75, 3.05) is 0 Å². The smallest absolute Gasteiger partial charge is 0.227 e. The molecule has 0 saturated carbocycles. The van der Waals surface area contributed by atoms with Gasteiger partial charge in [0.15, 0.2) is 22.5 Å². The molecule has 0 aliphatic rings. The van der Waals surface area contributed by atoms with E-state index >= 15 is 0 Å². The number of hydrogen-bond donors (Lipinski definition) is 0. The number of hydrogen-bond acceptors (Lipinski definition) is 9. The van der Waals surface area contributed by atoms with Gasteiger partial charge >= 0.3 is 0 Å². The maximum Gasteiger partial charge on any atom is 0.227 e. The fourth-order valence-electron chi connectivity index (χ4n) is 14.7. The summed E-state index contributed by atoms with van der Waals surface area (Å²) in [5.74, 6) is 1.22. The summed E-state index contributed by atoms with van der Waals surface area (Å²) in [7, 11) is 0. The molecular weight excluding hydrogens is 1420 g/mol. The molecule has 540 valence electrons. The molecule has 0 aliphatic carbocycles. The van der Waals surface area contributed by atoms with Crippen LogP contribution >= 0.6 is 0 Å². The summed E-state index contributed by atoms with van der Waals surface area (Å²) in [5.41, 5.74) is 27.4. The first-order valence-corrected chi connectivity index (χ1v) is 37.7. The zero-order valence-corrected chi connectivity index (χ0v) is 62.2. The molecule has 0 aliphatic heterocycles. The molecule has 20 aromatic rings. The topological polar surface area (TPSA) is 147 Å².